The Hall–Kier alpha value is -0.610. The summed E-state index contributed by atoms with van der Waals surface area (Å²) < 4.78 is 0. The van der Waals surface area contributed by atoms with Crippen molar-refractivity contribution >= 4 is 5.97 Å². The van der Waals surface area contributed by atoms with Gasteiger partial charge in [0.1, 0.15) is 5.54 Å². The Morgan fingerprint density at radius 2 is 1.89 bits per heavy atom. The average molecular weight is 268 g/mol. The first-order chi connectivity index (χ1) is 8.98. The fraction of sp³-hybridized carbons (Fsp3) is 0.933. The third-order valence-corrected chi connectivity index (χ3v) is 4.57. The van der Waals surface area contributed by atoms with Crippen LogP contribution in [0.25, 0.3) is 0 Å². The number of carbonyl (C=O) groups is 1. The maximum absolute atomic E-state index is 11.8. The van der Waals surface area contributed by atoms with Crippen molar-refractivity contribution in [3.05, 3.63) is 0 Å². The van der Waals surface area contributed by atoms with Crippen LogP contribution in [0.2, 0.25) is 0 Å². The lowest BCUT2D eigenvalue weighted by atomic mass is 9.87. The molecule has 3 atom stereocenters. The van der Waals surface area contributed by atoms with E-state index in [-0.39, 0.29) is 0 Å². The zero-order valence-electron chi connectivity index (χ0n) is 12.5. The number of nitrogens with one attached hydrogen (secondary N) is 1. The predicted molar refractivity (Wildman–Crippen MR) is 76.2 cm³/mol. The summed E-state index contributed by atoms with van der Waals surface area (Å²) >= 11 is 0. The summed E-state index contributed by atoms with van der Waals surface area (Å²) in [6.07, 6.45) is 3.37. The summed E-state index contributed by atoms with van der Waals surface area (Å²) in [4.78, 5) is 14.2. The molecule has 2 rings (SSSR count). The van der Waals surface area contributed by atoms with Crippen molar-refractivity contribution in [1.82, 2.24) is 10.2 Å². The van der Waals surface area contributed by atoms with Crippen molar-refractivity contribution in [2.45, 2.75) is 45.6 Å². The molecule has 19 heavy (non-hydrogen) atoms. The van der Waals surface area contributed by atoms with Gasteiger partial charge in [-0.25, -0.2) is 0 Å². The molecule has 4 heteroatoms. The fourth-order valence-electron chi connectivity index (χ4n) is 3.81. The molecule has 1 saturated carbocycles. The number of hydrogen-bond acceptors (Lipinski definition) is 3. The van der Waals surface area contributed by atoms with Gasteiger partial charge in [-0.15, -0.1) is 0 Å². The summed E-state index contributed by atoms with van der Waals surface area (Å²) in [5.74, 6) is 1.01. The minimum Gasteiger partial charge on any atom is -0.480 e. The minimum atomic E-state index is -0.717. The molecule has 4 nitrogen and oxygen atoms in total. The molecule has 3 unspecified atom stereocenters. The van der Waals surface area contributed by atoms with Gasteiger partial charge in [-0.3, -0.25) is 4.79 Å². The highest BCUT2D eigenvalue weighted by Crippen LogP contribution is 2.41. The maximum Gasteiger partial charge on any atom is 0.325 e. The van der Waals surface area contributed by atoms with Crippen LogP contribution < -0.4 is 5.32 Å². The Bertz CT molecular complexity index is 320. The van der Waals surface area contributed by atoms with E-state index in [0.717, 1.165) is 32.5 Å². The lowest BCUT2D eigenvalue weighted by Gasteiger charge is -2.41. The van der Waals surface area contributed by atoms with Crippen LogP contribution in [0.3, 0.4) is 0 Å². The van der Waals surface area contributed by atoms with Crippen LogP contribution in [0, 0.1) is 17.8 Å². The molecule has 2 aliphatic rings. The largest absolute Gasteiger partial charge is 0.480 e. The van der Waals surface area contributed by atoms with Crippen LogP contribution in [0.1, 0.15) is 40.0 Å². The minimum absolute atomic E-state index is 0.317. The Morgan fingerprint density at radius 3 is 2.32 bits per heavy atom. The number of aliphatic carboxylic acids is 1. The molecule has 110 valence electrons. The first-order valence-electron chi connectivity index (χ1n) is 7.68. The van der Waals surface area contributed by atoms with E-state index in [1.807, 2.05) is 6.92 Å². The number of likely N-dealkylation sites (tertiary alicyclic amines) is 1. The Kier molecular flexibility index (Phi) is 4.51. The van der Waals surface area contributed by atoms with Gasteiger partial charge in [-0.2, -0.15) is 0 Å². The lowest BCUT2D eigenvalue weighted by Crippen LogP contribution is -2.62. The van der Waals surface area contributed by atoms with Gasteiger partial charge in [-0.05, 0) is 43.6 Å². The molecular weight excluding hydrogens is 240 g/mol. The molecule has 0 spiro atoms. The van der Waals surface area contributed by atoms with E-state index in [0.29, 0.717) is 24.3 Å². The highest BCUT2D eigenvalue weighted by molar-refractivity contribution is 5.80. The molecule has 1 saturated heterocycles. The molecule has 0 aromatic heterocycles. The SMILES string of the molecule is CCNC(CN1CC(C)CC(C)C1)(C(=O)O)C1CC1. The van der Waals surface area contributed by atoms with E-state index in [9.17, 15) is 9.90 Å². The van der Waals surface area contributed by atoms with Gasteiger partial charge in [-0.1, -0.05) is 20.8 Å². The van der Waals surface area contributed by atoms with Crippen molar-refractivity contribution in [2.75, 3.05) is 26.2 Å². The van der Waals surface area contributed by atoms with Gasteiger partial charge in [0.2, 0.25) is 0 Å². The van der Waals surface area contributed by atoms with Crippen molar-refractivity contribution in [2.24, 2.45) is 17.8 Å². The molecule has 1 heterocycles. The van der Waals surface area contributed by atoms with E-state index in [1.54, 1.807) is 0 Å². The quantitative estimate of drug-likeness (QED) is 0.771. The number of likely N-dealkylation sites (N-methyl/N-ethyl adjacent to an activating group) is 1. The van der Waals surface area contributed by atoms with Crippen molar-refractivity contribution in [1.29, 1.82) is 0 Å². The third kappa shape index (κ3) is 3.29. The highest BCUT2D eigenvalue weighted by Gasteiger charge is 2.51. The van der Waals surface area contributed by atoms with E-state index >= 15 is 0 Å². The van der Waals surface area contributed by atoms with E-state index in [1.165, 1.54) is 6.42 Å². The number of hydrogen-bond donors (Lipinski definition) is 2. The summed E-state index contributed by atoms with van der Waals surface area (Å²) in [6, 6.07) is 0. The number of carboxylic acid groups (broad SMARTS) is 1. The standard InChI is InChI=1S/C15H28N2O2/c1-4-16-15(14(18)19,13-5-6-13)10-17-8-11(2)7-12(3)9-17/h11-13,16H,4-10H2,1-3H3,(H,18,19). The second-order valence-corrected chi connectivity index (χ2v) is 6.72. The monoisotopic (exact) mass is 268 g/mol. The van der Waals surface area contributed by atoms with Crippen LogP contribution >= 0.6 is 0 Å². The molecule has 0 amide bonds. The summed E-state index contributed by atoms with van der Waals surface area (Å²) in [5.41, 5.74) is -0.717. The van der Waals surface area contributed by atoms with E-state index < -0.39 is 11.5 Å². The highest BCUT2D eigenvalue weighted by atomic mass is 16.4. The van der Waals surface area contributed by atoms with Gasteiger partial charge in [0, 0.05) is 19.6 Å². The molecule has 1 aliphatic carbocycles. The smallest absolute Gasteiger partial charge is 0.325 e. The van der Waals surface area contributed by atoms with Gasteiger partial charge in [0.25, 0.3) is 0 Å². The Labute approximate surface area is 116 Å². The maximum atomic E-state index is 11.8. The molecule has 2 N–H and O–H groups in total. The Balaban J connectivity index is 2.08. The molecule has 0 aromatic carbocycles. The summed E-state index contributed by atoms with van der Waals surface area (Å²) in [7, 11) is 0. The van der Waals surface area contributed by atoms with Crippen LogP contribution in [-0.2, 0) is 4.79 Å². The van der Waals surface area contributed by atoms with Crippen LogP contribution in [0.15, 0.2) is 0 Å². The molecule has 0 aromatic rings. The van der Waals surface area contributed by atoms with Crippen LogP contribution in [0.5, 0.6) is 0 Å². The number of rotatable bonds is 6. The van der Waals surface area contributed by atoms with Crippen molar-refractivity contribution in [3.8, 4) is 0 Å². The molecule has 0 radical (unpaired) electrons. The molecule has 2 fully saturated rings. The topological polar surface area (TPSA) is 52.6 Å². The first-order valence-corrected chi connectivity index (χ1v) is 7.68. The van der Waals surface area contributed by atoms with Crippen LogP contribution in [-0.4, -0.2) is 47.7 Å². The van der Waals surface area contributed by atoms with Crippen LogP contribution in [0.4, 0.5) is 0 Å². The first kappa shape index (κ1) is 14.8. The fourth-order valence-corrected chi connectivity index (χ4v) is 3.81. The summed E-state index contributed by atoms with van der Waals surface area (Å²) in [5, 5.41) is 13.0. The Morgan fingerprint density at radius 1 is 1.32 bits per heavy atom. The summed E-state index contributed by atoms with van der Waals surface area (Å²) in [6.45, 7) is 10.0. The molecular formula is C15H28N2O2. The second kappa shape index (κ2) is 5.80. The average Bonchev–Trinajstić information content (AvgIpc) is 3.10. The third-order valence-electron chi connectivity index (χ3n) is 4.57. The van der Waals surface area contributed by atoms with Gasteiger partial charge < -0.3 is 15.3 Å². The van der Waals surface area contributed by atoms with Crippen molar-refractivity contribution < 1.29 is 9.90 Å². The number of carboxylic acids is 1. The molecule has 0 bridgehead atoms. The zero-order valence-corrected chi connectivity index (χ0v) is 12.5. The number of piperidine rings is 1. The van der Waals surface area contributed by atoms with Gasteiger partial charge in [0.15, 0.2) is 0 Å². The van der Waals surface area contributed by atoms with E-state index in [2.05, 4.69) is 24.1 Å². The lowest BCUT2D eigenvalue weighted by molar-refractivity contribution is -0.147. The normalized spacial score (nSPS) is 31.9. The zero-order chi connectivity index (χ0) is 14.0. The van der Waals surface area contributed by atoms with Gasteiger partial charge >= 0.3 is 5.97 Å². The number of nitrogens with zero attached hydrogens (tertiary/aromatic N) is 1. The van der Waals surface area contributed by atoms with Crippen molar-refractivity contribution in [3.63, 3.8) is 0 Å². The second-order valence-electron chi connectivity index (χ2n) is 6.72. The van der Waals surface area contributed by atoms with E-state index in [4.69, 9.17) is 0 Å². The molecule has 1 aliphatic heterocycles. The predicted octanol–water partition coefficient (Wildman–Crippen LogP) is 1.81. The van der Waals surface area contributed by atoms with Gasteiger partial charge in [0.05, 0.1) is 0 Å².